The third-order valence-corrected chi connectivity index (χ3v) is 9.21. The summed E-state index contributed by atoms with van der Waals surface area (Å²) in [6.45, 7) is 15.5. The number of nitrogens with zero attached hydrogens (tertiary/aromatic N) is 2. The van der Waals surface area contributed by atoms with Gasteiger partial charge in [-0.3, -0.25) is 14.4 Å². The molecule has 6 atom stereocenters. The van der Waals surface area contributed by atoms with Gasteiger partial charge in [0.15, 0.2) is 0 Å². The highest BCUT2D eigenvalue weighted by molar-refractivity contribution is 6.05. The lowest BCUT2D eigenvalue weighted by Crippen LogP contribution is -2.59. The molecule has 8 nitrogen and oxygen atoms in total. The fourth-order valence-electron chi connectivity index (χ4n) is 7.19. The molecule has 218 valence electrons. The molecule has 4 rings (SSSR count). The van der Waals surface area contributed by atoms with Crippen molar-refractivity contribution >= 4 is 23.5 Å². The molecular weight excluding hydrogens is 508 g/mol. The maximum Gasteiger partial charge on any atom is 0.312 e. The molecule has 1 spiro atoms. The molecule has 40 heavy (non-hydrogen) atoms. The molecule has 0 aromatic heterocycles. The second kappa shape index (κ2) is 11.9. The Morgan fingerprint density at radius 2 is 2.00 bits per heavy atom. The molecule has 0 saturated carbocycles. The number of carbonyl (C=O) groups excluding carboxylic acids is 3. The molecule has 3 aliphatic rings. The first-order chi connectivity index (χ1) is 19.2. The molecule has 2 unspecified atom stereocenters. The van der Waals surface area contributed by atoms with E-state index in [9.17, 15) is 19.5 Å². The quantitative estimate of drug-likeness (QED) is 0.223. The van der Waals surface area contributed by atoms with Gasteiger partial charge in [0.2, 0.25) is 5.91 Å². The predicted octanol–water partition coefficient (Wildman–Crippen LogP) is 4.26. The van der Waals surface area contributed by atoms with E-state index in [2.05, 4.69) is 13.2 Å². The van der Waals surface area contributed by atoms with Gasteiger partial charge in [-0.1, -0.05) is 38.1 Å². The summed E-state index contributed by atoms with van der Waals surface area (Å²) >= 11 is 0. The fraction of sp³-hybridized carbons (Fsp3) is 0.594. The van der Waals surface area contributed by atoms with Crippen LogP contribution < -0.4 is 4.90 Å². The van der Waals surface area contributed by atoms with Crippen LogP contribution >= 0.6 is 0 Å². The Morgan fingerprint density at radius 3 is 2.62 bits per heavy atom. The second-order valence-corrected chi connectivity index (χ2v) is 11.4. The van der Waals surface area contributed by atoms with Crippen molar-refractivity contribution in [3.63, 3.8) is 0 Å². The van der Waals surface area contributed by atoms with Crippen LogP contribution in [0.2, 0.25) is 0 Å². The van der Waals surface area contributed by atoms with E-state index in [0.717, 1.165) is 23.2 Å². The van der Waals surface area contributed by atoms with E-state index in [1.807, 2.05) is 45.9 Å². The first kappa shape index (κ1) is 30.0. The number of rotatable bonds is 13. The van der Waals surface area contributed by atoms with Crippen LogP contribution in [-0.2, 0) is 23.9 Å². The molecule has 1 N–H and O–H groups in total. The predicted molar refractivity (Wildman–Crippen MR) is 154 cm³/mol. The number of aryl methyl sites for hydroxylation is 2. The monoisotopic (exact) mass is 552 g/mol. The molecule has 3 heterocycles. The summed E-state index contributed by atoms with van der Waals surface area (Å²) in [5.41, 5.74) is 0.605. The molecule has 1 aromatic rings. The Morgan fingerprint density at radius 1 is 1.25 bits per heavy atom. The minimum absolute atomic E-state index is 0.231. The molecule has 2 bridgehead atoms. The number of unbranched alkanes of at least 4 members (excludes halogenated alkanes) is 1. The highest BCUT2D eigenvalue weighted by Gasteiger charge is 2.79. The van der Waals surface area contributed by atoms with Crippen LogP contribution in [0.15, 0.2) is 43.5 Å². The van der Waals surface area contributed by atoms with Crippen LogP contribution in [0.1, 0.15) is 63.5 Å². The van der Waals surface area contributed by atoms with Gasteiger partial charge in [0, 0.05) is 12.2 Å². The average Bonchev–Trinajstić information content (AvgIpc) is 3.55. The van der Waals surface area contributed by atoms with Crippen molar-refractivity contribution in [3.8, 4) is 0 Å². The number of amides is 2. The highest BCUT2D eigenvalue weighted by Crippen LogP contribution is 2.65. The van der Waals surface area contributed by atoms with E-state index >= 15 is 0 Å². The van der Waals surface area contributed by atoms with Gasteiger partial charge < -0.3 is 24.4 Å². The number of carbonyl (C=O) groups is 3. The van der Waals surface area contributed by atoms with Gasteiger partial charge >= 0.3 is 5.97 Å². The molecule has 3 saturated heterocycles. The van der Waals surface area contributed by atoms with E-state index in [-0.39, 0.29) is 31.6 Å². The summed E-state index contributed by atoms with van der Waals surface area (Å²) in [5.74, 6) is -2.72. The Labute approximate surface area is 238 Å². The van der Waals surface area contributed by atoms with Crippen LogP contribution in [0.25, 0.3) is 0 Å². The molecule has 2 amide bonds. The molecule has 3 aliphatic heterocycles. The summed E-state index contributed by atoms with van der Waals surface area (Å²) in [4.78, 5) is 45.9. The first-order valence-corrected chi connectivity index (χ1v) is 14.6. The highest BCUT2D eigenvalue weighted by atomic mass is 16.6. The normalized spacial score (nSPS) is 29.3. The molecule has 8 heteroatoms. The van der Waals surface area contributed by atoms with Gasteiger partial charge in [0.05, 0.1) is 30.8 Å². The lowest BCUT2D eigenvalue weighted by atomic mass is 9.65. The Bertz CT molecular complexity index is 1160. The first-order valence-electron chi connectivity index (χ1n) is 14.6. The van der Waals surface area contributed by atoms with Crippen molar-refractivity contribution in [2.45, 2.75) is 89.5 Å². The zero-order valence-electron chi connectivity index (χ0n) is 24.4. The van der Waals surface area contributed by atoms with Crippen LogP contribution in [0.3, 0.4) is 0 Å². The van der Waals surface area contributed by atoms with Crippen molar-refractivity contribution in [2.75, 3.05) is 24.7 Å². The average molecular weight is 553 g/mol. The number of aliphatic hydroxyl groups is 1. The topological polar surface area (TPSA) is 96.4 Å². The van der Waals surface area contributed by atoms with Gasteiger partial charge in [0.1, 0.15) is 17.6 Å². The smallest absolute Gasteiger partial charge is 0.312 e. The number of fused-ring (bicyclic) bond motifs is 1. The second-order valence-electron chi connectivity index (χ2n) is 11.4. The standard InChI is InChI=1S/C32H44N2O6/c1-7-11-12-18-39-30(38)26-25-28(36)34(23(9-3)20-35)27(32(25)16-15-31(26,10-4)40-32)29(37)33(17-8-2)24-19-21(5)13-14-22(24)6/h7-8,13-14,19,23,25-27,35H,1-2,9-12,15-18,20H2,3-6H3/t23-,25-,26+,27?,31-,32?/m0/s1. The summed E-state index contributed by atoms with van der Waals surface area (Å²) in [5, 5.41) is 10.3. The zero-order valence-corrected chi connectivity index (χ0v) is 24.4. The Kier molecular flexibility index (Phi) is 8.90. The SMILES string of the molecule is C=CCCCOC(=O)[C@H]1[C@H]2C(=O)N([C@@H](CC)CO)C(C(=O)N(CC=C)c3cc(C)ccc3C)C23CC[C@]1(CC)O3. The number of benzene rings is 1. The lowest BCUT2D eigenvalue weighted by molar-refractivity contribution is -0.162. The number of ether oxygens (including phenoxy) is 2. The Balaban J connectivity index is 1.82. The van der Waals surface area contributed by atoms with Gasteiger partial charge in [-0.2, -0.15) is 0 Å². The fourth-order valence-corrected chi connectivity index (χ4v) is 7.19. The Hall–Kier alpha value is -2.97. The van der Waals surface area contributed by atoms with Crippen molar-refractivity contribution in [3.05, 3.63) is 54.6 Å². The number of esters is 1. The summed E-state index contributed by atoms with van der Waals surface area (Å²) in [7, 11) is 0. The van der Waals surface area contributed by atoms with Crippen molar-refractivity contribution in [2.24, 2.45) is 11.8 Å². The number of likely N-dealkylation sites (tertiary alicyclic amines) is 1. The maximum atomic E-state index is 14.7. The summed E-state index contributed by atoms with van der Waals surface area (Å²) in [6.07, 6.45) is 6.81. The number of hydrogen-bond donors (Lipinski definition) is 1. The zero-order chi connectivity index (χ0) is 29.2. The van der Waals surface area contributed by atoms with Crippen molar-refractivity contribution < 1.29 is 29.0 Å². The van der Waals surface area contributed by atoms with Gasteiger partial charge in [-0.25, -0.2) is 0 Å². The molecule has 0 radical (unpaired) electrons. The number of anilines is 1. The van der Waals surface area contributed by atoms with Crippen LogP contribution in [0.4, 0.5) is 5.69 Å². The van der Waals surface area contributed by atoms with Crippen LogP contribution in [-0.4, -0.2) is 70.8 Å². The van der Waals surface area contributed by atoms with Crippen LogP contribution in [0, 0.1) is 25.7 Å². The van der Waals surface area contributed by atoms with E-state index in [0.29, 0.717) is 32.1 Å². The van der Waals surface area contributed by atoms with E-state index in [1.54, 1.807) is 17.1 Å². The number of allylic oxidation sites excluding steroid dienone is 1. The molecule has 3 fully saturated rings. The lowest BCUT2D eigenvalue weighted by Gasteiger charge is -2.39. The van der Waals surface area contributed by atoms with E-state index in [1.165, 1.54) is 4.90 Å². The molecule has 1 aromatic carbocycles. The van der Waals surface area contributed by atoms with E-state index < -0.39 is 41.1 Å². The molecular formula is C32H44N2O6. The summed E-state index contributed by atoms with van der Waals surface area (Å²) in [6, 6.07) is 4.34. The van der Waals surface area contributed by atoms with E-state index in [4.69, 9.17) is 9.47 Å². The third kappa shape index (κ3) is 4.69. The largest absolute Gasteiger partial charge is 0.465 e. The summed E-state index contributed by atoms with van der Waals surface area (Å²) < 4.78 is 12.5. The number of hydrogen-bond acceptors (Lipinski definition) is 6. The van der Waals surface area contributed by atoms with Crippen LogP contribution in [0.5, 0.6) is 0 Å². The third-order valence-electron chi connectivity index (χ3n) is 9.21. The minimum Gasteiger partial charge on any atom is -0.465 e. The number of aliphatic hydroxyl groups excluding tert-OH is 1. The van der Waals surface area contributed by atoms with Crippen molar-refractivity contribution in [1.29, 1.82) is 0 Å². The maximum absolute atomic E-state index is 14.7. The molecule has 0 aliphatic carbocycles. The van der Waals surface area contributed by atoms with Gasteiger partial charge in [0.25, 0.3) is 5.91 Å². The van der Waals surface area contributed by atoms with Gasteiger partial charge in [-0.05, 0) is 69.6 Å². The van der Waals surface area contributed by atoms with Gasteiger partial charge in [-0.15, -0.1) is 13.2 Å². The minimum atomic E-state index is -1.19. The van der Waals surface area contributed by atoms with Crippen molar-refractivity contribution in [1.82, 2.24) is 4.90 Å².